The molecule has 1 amide bonds. The van der Waals surface area contributed by atoms with Crippen LogP contribution in [-0.4, -0.2) is 30.7 Å². The van der Waals surface area contributed by atoms with Crippen molar-refractivity contribution in [3.8, 4) is 0 Å². The Morgan fingerprint density at radius 2 is 1.83 bits per heavy atom. The molecule has 0 aliphatic heterocycles. The molecule has 1 aliphatic rings. The molecule has 1 saturated carbocycles. The third kappa shape index (κ3) is 2.13. The van der Waals surface area contributed by atoms with Gasteiger partial charge in [-0.25, -0.2) is 4.79 Å². The lowest BCUT2D eigenvalue weighted by atomic mass is 10.1. The van der Waals surface area contributed by atoms with Crippen LogP contribution in [0, 0.1) is 0 Å². The van der Waals surface area contributed by atoms with Crippen molar-refractivity contribution in [1.82, 2.24) is 4.90 Å². The van der Waals surface area contributed by atoms with Gasteiger partial charge in [-0.2, -0.15) is 0 Å². The number of hydrogen-bond acceptors (Lipinski definition) is 2. The van der Waals surface area contributed by atoms with Gasteiger partial charge in [0.1, 0.15) is 5.60 Å². The second-order valence-corrected chi connectivity index (χ2v) is 3.92. The topological polar surface area (TPSA) is 29.5 Å². The molecule has 0 unspecified atom stereocenters. The Morgan fingerprint density at radius 1 is 1.33 bits per heavy atom. The summed E-state index contributed by atoms with van der Waals surface area (Å²) in [6.45, 7) is 2.02. The van der Waals surface area contributed by atoms with E-state index in [0.29, 0.717) is 0 Å². The van der Waals surface area contributed by atoms with Crippen LogP contribution in [0.2, 0.25) is 0 Å². The summed E-state index contributed by atoms with van der Waals surface area (Å²) >= 11 is 0. The standard InChI is InChI=1S/C9H17NO2/c1-9(6-4-5-7-9)12-8(11)10(2)3/h4-7H2,1-3H3. The van der Waals surface area contributed by atoms with Crippen LogP contribution >= 0.6 is 0 Å². The normalized spacial score (nSPS) is 20.6. The van der Waals surface area contributed by atoms with Gasteiger partial charge in [-0.05, 0) is 32.6 Å². The van der Waals surface area contributed by atoms with Crippen molar-refractivity contribution in [3.05, 3.63) is 0 Å². The average Bonchev–Trinajstić information content (AvgIpc) is 2.35. The highest BCUT2D eigenvalue weighted by Gasteiger charge is 2.32. The summed E-state index contributed by atoms with van der Waals surface area (Å²) in [5.74, 6) is 0. The first kappa shape index (κ1) is 9.36. The summed E-state index contributed by atoms with van der Waals surface area (Å²) in [5, 5.41) is 0. The van der Waals surface area contributed by atoms with Crippen molar-refractivity contribution in [2.45, 2.75) is 38.2 Å². The molecule has 12 heavy (non-hydrogen) atoms. The van der Waals surface area contributed by atoms with Crippen LogP contribution < -0.4 is 0 Å². The van der Waals surface area contributed by atoms with E-state index in [2.05, 4.69) is 0 Å². The zero-order chi connectivity index (χ0) is 9.19. The fourth-order valence-corrected chi connectivity index (χ4v) is 1.53. The molecule has 0 heterocycles. The lowest BCUT2D eigenvalue weighted by Crippen LogP contribution is -2.34. The highest BCUT2D eigenvalue weighted by Crippen LogP contribution is 2.32. The van der Waals surface area contributed by atoms with E-state index >= 15 is 0 Å². The van der Waals surface area contributed by atoms with Crippen molar-refractivity contribution >= 4 is 6.09 Å². The molecule has 3 heteroatoms. The molecule has 1 aliphatic carbocycles. The number of hydrogen-bond donors (Lipinski definition) is 0. The van der Waals surface area contributed by atoms with E-state index in [1.807, 2.05) is 6.92 Å². The van der Waals surface area contributed by atoms with Crippen molar-refractivity contribution in [1.29, 1.82) is 0 Å². The van der Waals surface area contributed by atoms with Crippen LogP contribution in [0.5, 0.6) is 0 Å². The molecule has 1 fully saturated rings. The minimum atomic E-state index is -0.223. The molecule has 1 rings (SSSR count). The van der Waals surface area contributed by atoms with Gasteiger partial charge in [0.05, 0.1) is 0 Å². The van der Waals surface area contributed by atoms with Crippen LogP contribution in [-0.2, 0) is 4.74 Å². The fourth-order valence-electron chi connectivity index (χ4n) is 1.53. The van der Waals surface area contributed by atoms with E-state index in [-0.39, 0.29) is 11.7 Å². The molecule has 3 nitrogen and oxygen atoms in total. The van der Waals surface area contributed by atoms with Crippen molar-refractivity contribution in [3.63, 3.8) is 0 Å². The van der Waals surface area contributed by atoms with Gasteiger partial charge in [-0.1, -0.05) is 0 Å². The largest absolute Gasteiger partial charge is 0.443 e. The predicted octanol–water partition coefficient (Wildman–Crippen LogP) is 2.02. The summed E-state index contributed by atoms with van der Waals surface area (Å²) in [6.07, 6.45) is 4.15. The molecule has 0 radical (unpaired) electrons. The summed E-state index contributed by atoms with van der Waals surface area (Å²) < 4.78 is 5.35. The van der Waals surface area contributed by atoms with Gasteiger partial charge < -0.3 is 9.64 Å². The molecule has 0 atom stereocenters. The summed E-state index contributed by atoms with van der Waals surface area (Å²) in [7, 11) is 3.42. The van der Waals surface area contributed by atoms with Gasteiger partial charge in [0.15, 0.2) is 0 Å². The molecular weight excluding hydrogens is 154 g/mol. The number of carbonyl (C=O) groups is 1. The first-order valence-electron chi connectivity index (χ1n) is 4.44. The number of nitrogens with zero attached hydrogens (tertiary/aromatic N) is 1. The number of ether oxygens (including phenoxy) is 1. The second-order valence-electron chi connectivity index (χ2n) is 3.92. The van der Waals surface area contributed by atoms with E-state index in [9.17, 15) is 4.79 Å². The summed E-state index contributed by atoms with van der Waals surface area (Å²) in [4.78, 5) is 12.7. The minimum absolute atomic E-state index is 0.193. The Hall–Kier alpha value is -0.730. The number of carbonyl (C=O) groups excluding carboxylic acids is 1. The first-order valence-corrected chi connectivity index (χ1v) is 4.44. The highest BCUT2D eigenvalue weighted by atomic mass is 16.6. The van der Waals surface area contributed by atoms with E-state index in [1.165, 1.54) is 17.7 Å². The van der Waals surface area contributed by atoms with E-state index in [1.54, 1.807) is 14.1 Å². The molecule has 0 saturated heterocycles. The molecule has 0 aromatic carbocycles. The Kier molecular flexibility index (Phi) is 2.60. The van der Waals surface area contributed by atoms with Gasteiger partial charge in [-0.15, -0.1) is 0 Å². The average molecular weight is 171 g/mol. The third-order valence-electron chi connectivity index (χ3n) is 2.36. The molecule has 0 spiro atoms. The van der Waals surface area contributed by atoms with Crippen LogP contribution in [0.25, 0.3) is 0 Å². The second kappa shape index (κ2) is 3.33. The summed E-state index contributed by atoms with van der Waals surface area (Å²) in [5.41, 5.74) is -0.193. The number of amides is 1. The maximum absolute atomic E-state index is 11.2. The maximum atomic E-state index is 11.2. The van der Waals surface area contributed by atoms with Gasteiger partial charge in [0.25, 0.3) is 0 Å². The molecule has 0 N–H and O–H groups in total. The Balaban J connectivity index is 2.44. The monoisotopic (exact) mass is 171 g/mol. The smallest absolute Gasteiger partial charge is 0.409 e. The van der Waals surface area contributed by atoms with Crippen LogP contribution in [0.1, 0.15) is 32.6 Å². The van der Waals surface area contributed by atoms with Crippen molar-refractivity contribution in [2.75, 3.05) is 14.1 Å². The lowest BCUT2D eigenvalue weighted by molar-refractivity contribution is 0.0141. The lowest BCUT2D eigenvalue weighted by Gasteiger charge is -2.25. The SMILES string of the molecule is CN(C)C(=O)OC1(C)CCCC1. The van der Waals surface area contributed by atoms with Crippen molar-refractivity contribution in [2.24, 2.45) is 0 Å². The highest BCUT2D eigenvalue weighted by molar-refractivity contribution is 5.67. The Morgan fingerprint density at radius 3 is 2.25 bits per heavy atom. The Labute approximate surface area is 73.7 Å². The predicted molar refractivity (Wildman–Crippen MR) is 47.0 cm³/mol. The summed E-state index contributed by atoms with van der Waals surface area (Å²) in [6, 6.07) is 0. The fraction of sp³-hybridized carbons (Fsp3) is 0.889. The first-order chi connectivity index (χ1) is 5.53. The van der Waals surface area contributed by atoms with Gasteiger partial charge >= 0.3 is 6.09 Å². The molecule has 0 bridgehead atoms. The number of rotatable bonds is 1. The van der Waals surface area contributed by atoms with Crippen LogP contribution in [0.3, 0.4) is 0 Å². The molecule has 70 valence electrons. The molecular formula is C9H17NO2. The minimum Gasteiger partial charge on any atom is -0.443 e. The van der Waals surface area contributed by atoms with Gasteiger partial charge in [-0.3, -0.25) is 0 Å². The zero-order valence-corrected chi connectivity index (χ0v) is 8.09. The quantitative estimate of drug-likeness (QED) is 0.604. The van der Waals surface area contributed by atoms with E-state index in [4.69, 9.17) is 4.74 Å². The van der Waals surface area contributed by atoms with Gasteiger partial charge in [0.2, 0.25) is 0 Å². The van der Waals surface area contributed by atoms with Gasteiger partial charge in [0, 0.05) is 14.1 Å². The molecule has 0 aromatic rings. The van der Waals surface area contributed by atoms with Crippen molar-refractivity contribution < 1.29 is 9.53 Å². The van der Waals surface area contributed by atoms with Crippen LogP contribution in [0.4, 0.5) is 4.79 Å². The Bertz CT molecular complexity index is 171. The maximum Gasteiger partial charge on any atom is 0.409 e. The third-order valence-corrected chi connectivity index (χ3v) is 2.36. The zero-order valence-electron chi connectivity index (χ0n) is 8.09. The molecule has 0 aromatic heterocycles. The van der Waals surface area contributed by atoms with E-state index < -0.39 is 0 Å². The van der Waals surface area contributed by atoms with Crippen LogP contribution in [0.15, 0.2) is 0 Å². The van der Waals surface area contributed by atoms with E-state index in [0.717, 1.165) is 12.8 Å².